The fourth-order valence-corrected chi connectivity index (χ4v) is 4.02. The maximum atomic E-state index is 13.3. The summed E-state index contributed by atoms with van der Waals surface area (Å²) in [7, 11) is 0. The standard InChI is InChI=1S/C22H23N9O4/c23-31-30-22(35)17(7-12-9-25-15-4-2-1-3-14(12)15)28-21(34)18(8-13-10-24-11-26-13)29-20(33)16-5-6-19(32)27-16/h1-4,9-11,16-18,25H,5-8H2,(H,24,26)(H,27,32)(H,28,34)(H,29,33)/t16-,17-,18-/m0/s1. The molecular formula is C22H23N9O4. The normalized spacial score (nSPS) is 16.7. The fraction of sp³-hybridized carbons (Fsp3) is 0.318. The van der Waals surface area contributed by atoms with Crippen LogP contribution in [0, 0.1) is 0 Å². The minimum absolute atomic E-state index is 0.0632. The molecule has 0 unspecified atom stereocenters. The number of hydrogen-bond donors (Lipinski definition) is 5. The Morgan fingerprint density at radius 2 is 2.00 bits per heavy atom. The van der Waals surface area contributed by atoms with Crippen molar-refractivity contribution in [1.82, 2.24) is 30.9 Å². The third kappa shape index (κ3) is 5.65. The Hall–Kier alpha value is -4.64. The molecule has 13 nitrogen and oxygen atoms in total. The number of H-pyrrole nitrogens is 2. The number of nitrogens with one attached hydrogen (secondary N) is 5. The topological polar surface area (TPSA) is 198 Å². The summed E-state index contributed by atoms with van der Waals surface area (Å²) >= 11 is 0. The van der Waals surface area contributed by atoms with E-state index in [9.17, 15) is 19.2 Å². The highest BCUT2D eigenvalue weighted by Crippen LogP contribution is 2.19. The summed E-state index contributed by atoms with van der Waals surface area (Å²) in [6, 6.07) is 4.47. The minimum Gasteiger partial charge on any atom is -0.361 e. The van der Waals surface area contributed by atoms with Crippen molar-refractivity contribution < 1.29 is 19.2 Å². The number of nitrogens with zero attached hydrogens (tertiary/aromatic N) is 4. The molecule has 1 fully saturated rings. The average molecular weight is 477 g/mol. The van der Waals surface area contributed by atoms with Crippen molar-refractivity contribution >= 4 is 34.5 Å². The second-order valence-corrected chi connectivity index (χ2v) is 8.15. The molecule has 1 saturated heterocycles. The first-order valence-corrected chi connectivity index (χ1v) is 11.0. The lowest BCUT2D eigenvalue weighted by atomic mass is 10.0. The molecule has 1 aliphatic heterocycles. The van der Waals surface area contributed by atoms with E-state index < -0.39 is 35.8 Å². The Morgan fingerprint density at radius 1 is 1.17 bits per heavy atom. The van der Waals surface area contributed by atoms with E-state index in [-0.39, 0.29) is 25.2 Å². The van der Waals surface area contributed by atoms with Gasteiger partial charge in [-0.15, -0.1) is 0 Å². The molecule has 3 atom stereocenters. The summed E-state index contributed by atoms with van der Waals surface area (Å²) in [4.78, 5) is 62.5. The van der Waals surface area contributed by atoms with Gasteiger partial charge in [-0.1, -0.05) is 18.2 Å². The lowest BCUT2D eigenvalue weighted by Gasteiger charge is -2.23. The Morgan fingerprint density at radius 3 is 2.71 bits per heavy atom. The third-order valence-electron chi connectivity index (χ3n) is 5.78. The second-order valence-electron chi connectivity index (χ2n) is 8.15. The number of aromatic amines is 2. The van der Waals surface area contributed by atoms with E-state index in [1.807, 2.05) is 24.3 Å². The second kappa shape index (κ2) is 10.5. The largest absolute Gasteiger partial charge is 0.361 e. The Labute approximate surface area is 198 Å². The molecule has 2 aromatic heterocycles. The number of fused-ring (bicyclic) bond motifs is 1. The van der Waals surface area contributed by atoms with Crippen molar-refractivity contribution in [3.63, 3.8) is 0 Å². The summed E-state index contributed by atoms with van der Waals surface area (Å²) in [6.45, 7) is 0. The van der Waals surface area contributed by atoms with E-state index >= 15 is 0 Å². The van der Waals surface area contributed by atoms with Crippen LogP contribution in [0.4, 0.5) is 0 Å². The van der Waals surface area contributed by atoms with Crippen LogP contribution in [0.15, 0.2) is 48.1 Å². The van der Waals surface area contributed by atoms with E-state index in [0.717, 1.165) is 16.5 Å². The molecule has 3 aromatic rings. The first-order chi connectivity index (χ1) is 16.9. The van der Waals surface area contributed by atoms with Crippen molar-refractivity contribution in [1.29, 1.82) is 0 Å². The van der Waals surface area contributed by atoms with Crippen LogP contribution in [0.3, 0.4) is 0 Å². The van der Waals surface area contributed by atoms with Gasteiger partial charge < -0.3 is 25.9 Å². The van der Waals surface area contributed by atoms with Crippen LogP contribution in [-0.4, -0.2) is 56.7 Å². The number of benzene rings is 1. The molecule has 4 rings (SSSR count). The molecule has 3 heterocycles. The number of amides is 4. The molecule has 0 radical (unpaired) electrons. The van der Waals surface area contributed by atoms with E-state index in [2.05, 4.69) is 40.9 Å². The van der Waals surface area contributed by atoms with Crippen LogP contribution in [-0.2, 0) is 32.0 Å². The minimum atomic E-state index is -1.16. The quantitative estimate of drug-likeness (QED) is 0.172. The van der Waals surface area contributed by atoms with Crippen molar-refractivity contribution in [3.8, 4) is 0 Å². The highest BCUT2D eigenvalue weighted by Gasteiger charge is 2.32. The maximum absolute atomic E-state index is 13.3. The number of azide groups is 1. The predicted molar refractivity (Wildman–Crippen MR) is 123 cm³/mol. The predicted octanol–water partition coefficient (Wildman–Crippen LogP) is 0.761. The first kappa shape index (κ1) is 23.5. The molecule has 35 heavy (non-hydrogen) atoms. The van der Waals surface area contributed by atoms with Crippen LogP contribution in [0.1, 0.15) is 24.1 Å². The van der Waals surface area contributed by atoms with Gasteiger partial charge in [0.15, 0.2) is 0 Å². The smallest absolute Gasteiger partial charge is 0.243 e. The van der Waals surface area contributed by atoms with Crippen LogP contribution >= 0.6 is 0 Å². The van der Waals surface area contributed by atoms with Gasteiger partial charge >= 0.3 is 0 Å². The number of rotatable bonds is 9. The van der Waals surface area contributed by atoms with Crippen molar-refractivity contribution in [2.75, 3.05) is 0 Å². The van der Waals surface area contributed by atoms with E-state index in [1.54, 1.807) is 6.20 Å². The zero-order valence-corrected chi connectivity index (χ0v) is 18.5. The molecule has 0 bridgehead atoms. The molecule has 0 spiro atoms. The van der Waals surface area contributed by atoms with Gasteiger partial charge in [0.2, 0.25) is 23.6 Å². The van der Waals surface area contributed by atoms with Crippen LogP contribution in [0.2, 0.25) is 0 Å². The van der Waals surface area contributed by atoms with Gasteiger partial charge in [0, 0.05) is 53.2 Å². The highest BCUT2D eigenvalue weighted by atomic mass is 16.2. The van der Waals surface area contributed by atoms with Gasteiger partial charge in [-0.05, 0) is 28.7 Å². The molecule has 5 N–H and O–H groups in total. The summed E-state index contributed by atoms with van der Waals surface area (Å²) in [5, 5.41) is 11.9. The number of carbonyl (C=O) groups excluding carboxylic acids is 4. The van der Waals surface area contributed by atoms with E-state index in [0.29, 0.717) is 12.1 Å². The third-order valence-corrected chi connectivity index (χ3v) is 5.78. The zero-order valence-electron chi connectivity index (χ0n) is 18.5. The van der Waals surface area contributed by atoms with Crippen molar-refractivity contribution in [2.45, 2.75) is 43.8 Å². The number of aromatic nitrogens is 3. The van der Waals surface area contributed by atoms with Crippen LogP contribution in [0.5, 0.6) is 0 Å². The van der Waals surface area contributed by atoms with E-state index in [1.165, 1.54) is 12.5 Å². The first-order valence-electron chi connectivity index (χ1n) is 11.0. The molecule has 0 aliphatic carbocycles. The number of imidazole rings is 1. The fourth-order valence-electron chi connectivity index (χ4n) is 4.02. The number of para-hydroxylation sites is 1. The summed E-state index contributed by atoms with van der Waals surface area (Å²) in [6.07, 6.45) is 5.35. The molecule has 4 amide bonds. The van der Waals surface area contributed by atoms with Gasteiger partial charge in [-0.2, -0.15) is 0 Å². The maximum Gasteiger partial charge on any atom is 0.243 e. The van der Waals surface area contributed by atoms with Gasteiger partial charge in [0.25, 0.3) is 0 Å². The molecule has 1 aromatic carbocycles. The van der Waals surface area contributed by atoms with E-state index in [4.69, 9.17) is 5.53 Å². The average Bonchev–Trinajstić information content (AvgIpc) is 3.60. The van der Waals surface area contributed by atoms with Crippen molar-refractivity contribution in [3.05, 3.63) is 64.7 Å². The molecule has 0 saturated carbocycles. The monoisotopic (exact) mass is 477 g/mol. The van der Waals surface area contributed by atoms with Gasteiger partial charge in [0.05, 0.1) is 12.4 Å². The lowest BCUT2D eigenvalue weighted by molar-refractivity contribution is -0.132. The van der Waals surface area contributed by atoms with Crippen molar-refractivity contribution in [2.24, 2.45) is 5.11 Å². The Bertz CT molecular complexity index is 1290. The Balaban J connectivity index is 1.54. The van der Waals surface area contributed by atoms with Gasteiger partial charge in [0.1, 0.15) is 12.1 Å². The summed E-state index contributed by atoms with van der Waals surface area (Å²) in [5.41, 5.74) is 11.0. The Kier molecular flexibility index (Phi) is 7.07. The summed E-state index contributed by atoms with van der Waals surface area (Å²) < 4.78 is 0. The molecule has 13 heteroatoms. The van der Waals surface area contributed by atoms with Crippen LogP contribution < -0.4 is 16.0 Å². The van der Waals surface area contributed by atoms with Gasteiger partial charge in [-0.25, -0.2) is 4.98 Å². The lowest BCUT2D eigenvalue weighted by Crippen LogP contribution is -2.55. The molecule has 180 valence electrons. The number of hydrogen-bond acceptors (Lipinski definition) is 5. The SMILES string of the molecule is [N-]=[N+]=NC(=O)[C@H](Cc1c[nH]c2ccccc12)NC(=O)[C@H](Cc1cnc[nH]1)NC(=O)[C@@H]1CCC(=O)N1. The molecule has 1 aliphatic rings. The highest BCUT2D eigenvalue weighted by molar-refractivity contribution is 5.96. The van der Waals surface area contributed by atoms with Crippen LogP contribution in [0.25, 0.3) is 21.3 Å². The number of carbonyl (C=O) groups is 4. The zero-order chi connectivity index (χ0) is 24.8. The summed E-state index contributed by atoms with van der Waals surface area (Å²) in [5.74, 6) is -2.26. The van der Waals surface area contributed by atoms with Gasteiger partial charge in [-0.3, -0.25) is 19.2 Å². The molecular weight excluding hydrogens is 454 g/mol.